The Morgan fingerprint density at radius 1 is 1.15 bits per heavy atom. The molecule has 0 bridgehead atoms. The van der Waals surface area contributed by atoms with Gasteiger partial charge in [-0.3, -0.25) is 4.79 Å². The summed E-state index contributed by atoms with van der Waals surface area (Å²) in [4.78, 5) is 16.8. The van der Waals surface area contributed by atoms with Crippen LogP contribution in [0.15, 0.2) is 53.1 Å². The highest BCUT2D eigenvalue weighted by molar-refractivity contribution is 5.81. The van der Waals surface area contributed by atoms with E-state index >= 15 is 0 Å². The van der Waals surface area contributed by atoms with Crippen molar-refractivity contribution in [2.75, 3.05) is 0 Å². The first kappa shape index (κ1) is 18.6. The number of benzene rings is 2. The summed E-state index contributed by atoms with van der Waals surface area (Å²) in [6.07, 6.45) is -0.0233. The number of ether oxygens (including phenoxy) is 1. The fraction of sp³-hybridized carbons (Fsp3) is 0.286. The molecule has 0 aliphatic rings. The third kappa shape index (κ3) is 4.94. The predicted octanol–water partition coefficient (Wildman–Crippen LogP) is 3.83. The van der Waals surface area contributed by atoms with E-state index in [1.165, 1.54) is 0 Å². The van der Waals surface area contributed by atoms with E-state index in [0.717, 1.165) is 16.7 Å². The minimum Gasteiger partial charge on any atom is -0.481 e. The van der Waals surface area contributed by atoms with Crippen molar-refractivity contribution in [1.29, 1.82) is 0 Å². The molecule has 140 valence electrons. The fourth-order valence-electron chi connectivity index (χ4n) is 2.61. The smallest absolute Gasteiger partial charge is 0.261 e. The molecule has 6 heteroatoms. The highest BCUT2D eigenvalue weighted by Crippen LogP contribution is 2.17. The Labute approximate surface area is 158 Å². The first-order valence-corrected chi connectivity index (χ1v) is 8.96. The molecule has 2 aromatic carbocycles. The molecule has 0 unspecified atom stereocenters. The summed E-state index contributed by atoms with van der Waals surface area (Å²) in [5.41, 5.74) is 3.14. The van der Waals surface area contributed by atoms with Gasteiger partial charge in [0.1, 0.15) is 5.75 Å². The van der Waals surface area contributed by atoms with Crippen molar-refractivity contribution < 1.29 is 14.1 Å². The van der Waals surface area contributed by atoms with Crippen molar-refractivity contribution in [2.45, 2.75) is 39.8 Å². The molecule has 0 spiro atoms. The first-order chi connectivity index (χ1) is 13.0. The lowest BCUT2D eigenvalue weighted by atomic mass is 10.1. The van der Waals surface area contributed by atoms with Gasteiger partial charge in [0.15, 0.2) is 6.10 Å². The monoisotopic (exact) mass is 365 g/mol. The zero-order chi connectivity index (χ0) is 19.2. The summed E-state index contributed by atoms with van der Waals surface area (Å²) in [6.45, 7) is 6.07. The Morgan fingerprint density at radius 2 is 1.93 bits per heavy atom. The first-order valence-electron chi connectivity index (χ1n) is 8.96. The van der Waals surface area contributed by atoms with E-state index in [1.54, 1.807) is 0 Å². The summed E-state index contributed by atoms with van der Waals surface area (Å²) in [5, 5.41) is 6.78. The summed E-state index contributed by atoms with van der Waals surface area (Å²) in [5.74, 6) is 1.31. The molecule has 0 saturated heterocycles. The maximum Gasteiger partial charge on any atom is 0.261 e. The Hall–Kier alpha value is -3.15. The van der Waals surface area contributed by atoms with Crippen LogP contribution in [0.5, 0.6) is 5.75 Å². The maximum absolute atomic E-state index is 12.4. The molecular formula is C21H23N3O3. The molecule has 1 N–H and O–H groups in total. The number of hydrogen-bond donors (Lipinski definition) is 1. The van der Waals surface area contributed by atoms with Gasteiger partial charge in [0, 0.05) is 5.56 Å². The molecule has 0 radical (unpaired) electrons. The summed E-state index contributed by atoms with van der Waals surface area (Å²) in [6, 6.07) is 15.5. The average molecular weight is 365 g/mol. The van der Waals surface area contributed by atoms with E-state index in [2.05, 4.69) is 15.5 Å². The molecule has 3 rings (SSSR count). The summed E-state index contributed by atoms with van der Waals surface area (Å²) < 4.78 is 11.0. The third-order valence-corrected chi connectivity index (χ3v) is 4.12. The number of aryl methyl sites for hydroxylation is 2. The van der Waals surface area contributed by atoms with E-state index in [0.29, 0.717) is 23.9 Å². The molecule has 1 heterocycles. The molecule has 0 aliphatic heterocycles. The fourth-order valence-corrected chi connectivity index (χ4v) is 2.61. The van der Waals surface area contributed by atoms with Crippen LogP contribution in [0.25, 0.3) is 11.4 Å². The van der Waals surface area contributed by atoms with Crippen molar-refractivity contribution in [3.63, 3.8) is 0 Å². The van der Waals surface area contributed by atoms with Gasteiger partial charge in [0.2, 0.25) is 11.7 Å². The minimum atomic E-state index is -0.577. The largest absolute Gasteiger partial charge is 0.481 e. The molecule has 1 aromatic heterocycles. The Morgan fingerprint density at radius 3 is 2.63 bits per heavy atom. The van der Waals surface area contributed by atoms with E-state index in [-0.39, 0.29) is 12.5 Å². The number of hydrogen-bond acceptors (Lipinski definition) is 5. The number of carbonyl (C=O) groups is 1. The van der Waals surface area contributed by atoms with E-state index in [1.807, 2.05) is 69.3 Å². The van der Waals surface area contributed by atoms with Crippen LogP contribution in [0.3, 0.4) is 0 Å². The number of carbonyl (C=O) groups excluding carboxylic acids is 1. The lowest BCUT2D eigenvalue weighted by Gasteiger charge is -2.16. The topological polar surface area (TPSA) is 77.2 Å². The van der Waals surface area contributed by atoms with Crippen molar-refractivity contribution in [3.8, 4) is 17.1 Å². The molecule has 0 saturated carbocycles. The number of amides is 1. The van der Waals surface area contributed by atoms with Crippen molar-refractivity contribution >= 4 is 5.91 Å². The van der Waals surface area contributed by atoms with Crippen molar-refractivity contribution in [3.05, 3.63) is 65.5 Å². The second-order valence-corrected chi connectivity index (χ2v) is 6.43. The number of nitrogens with zero attached hydrogens (tertiary/aromatic N) is 2. The molecule has 3 aromatic rings. The summed E-state index contributed by atoms with van der Waals surface area (Å²) >= 11 is 0. The molecule has 6 nitrogen and oxygen atoms in total. The molecule has 1 amide bonds. The normalized spacial score (nSPS) is 11.8. The van der Waals surface area contributed by atoms with Crippen LogP contribution in [0.2, 0.25) is 0 Å². The standard InChI is InChI=1S/C21H23N3O3/c1-4-18(26-17-10-8-14(2)9-11-17)21(25)22-13-19-23-20(24-27-19)16-7-5-6-15(3)12-16/h5-12,18H,4,13H2,1-3H3,(H,22,25)/t18-/m0/s1. The van der Waals surface area contributed by atoms with Crippen molar-refractivity contribution in [2.24, 2.45) is 0 Å². The predicted molar refractivity (Wildman–Crippen MR) is 102 cm³/mol. The molecule has 0 aliphatic carbocycles. The molecule has 0 fully saturated rings. The van der Waals surface area contributed by atoms with Gasteiger partial charge in [-0.25, -0.2) is 0 Å². The van der Waals surface area contributed by atoms with E-state index in [9.17, 15) is 4.79 Å². The van der Waals surface area contributed by atoms with Crippen LogP contribution >= 0.6 is 0 Å². The van der Waals surface area contributed by atoms with Gasteiger partial charge in [-0.15, -0.1) is 0 Å². The number of rotatable bonds is 7. The van der Waals surface area contributed by atoms with E-state index in [4.69, 9.17) is 9.26 Å². The number of aromatic nitrogens is 2. The Balaban J connectivity index is 1.58. The average Bonchev–Trinajstić information content (AvgIpc) is 3.15. The lowest BCUT2D eigenvalue weighted by Crippen LogP contribution is -2.37. The van der Waals surface area contributed by atoms with Gasteiger partial charge in [-0.1, -0.05) is 53.5 Å². The quantitative estimate of drug-likeness (QED) is 0.688. The van der Waals surface area contributed by atoms with E-state index < -0.39 is 6.10 Å². The van der Waals surface area contributed by atoms with Gasteiger partial charge in [0.05, 0.1) is 6.54 Å². The van der Waals surface area contributed by atoms with Crippen molar-refractivity contribution in [1.82, 2.24) is 15.5 Å². The van der Waals surface area contributed by atoms with Gasteiger partial charge in [-0.05, 0) is 38.5 Å². The highest BCUT2D eigenvalue weighted by atomic mass is 16.5. The van der Waals surface area contributed by atoms with Crippen LogP contribution < -0.4 is 10.1 Å². The molecule has 27 heavy (non-hydrogen) atoms. The van der Waals surface area contributed by atoms with Crippen LogP contribution in [0.1, 0.15) is 30.4 Å². The third-order valence-electron chi connectivity index (χ3n) is 4.12. The Bertz CT molecular complexity index is 903. The second-order valence-electron chi connectivity index (χ2n) is 6.43. The minimum absolute atomic E-state index is 0.158. The van der Waals surface area contributed by atoms with Crippen LogP contribution in [-0.2, 0) is 11.3 Å². The summed E-state index contributed by atoms with van der Waals surface area (Å²) in [7, 11) is 0. The van der Waals surface area contributed by atoms with Gasteiger partial charge in [-0.2, -0.15) is 4.98 Å². The Kier molecular flexibility index (Phi) is 5.86. The molecular weight excluding hydrogens is 342 g/mol. The maximum atomic E-state index is 12.4. The second kappa shape index (κ2) is 8.49. The zero-order valence-electron chi connectivity index (χ0n) is 15.7. The van der Waals surface area contributed by atoms with Crippen LogP contribution in [0, 0.1) is 13.8 Å². The SMILES string of the molecule is CC[C@H](Oc1ccc(C)cc1)C(=O)NCc1nc(-c2cccc(C)c2)no1. The zero-order valence-corrected chi connectivity index (χ0v) is 15.7. The van der Waals surface area contributed by atoms with Gasteiger partial charge in [0.25, 0.3) is 5.91 Å². The number of nitrogens with one attached hydrogen (secondary N) is 1. The van der Waals surface area contributed by atoms with Gasteiger partial charge >= 0.3 is 0 Å². The highest BCUT2D eigenvalue weighted by Gasteiger charge is 2.19. The van der Waals surface area contributed by atoms with Crippen LogP contribution in [0.4, 0.5) is 0 Å². The van der Waals surface area contributed by atoms with Crippen LogP contribution in [-0.4, -0.2) is 22.2 Å². The van der Waals surface area contributed by atoms with Gasteiger partial charge < -0.3 is 14.6 Å². The lowest BCUT2D eigenvalue weighted by molar-refractivity contribution is -0.128. The molecule has 1 atom stereocenters.